The van der Waals surface area contributed by atoms with Gasteiger partial charge in [-0.15, -0.1) is 0 Å². The Kier molecular flexibility index (Phi) is 7.15. The molecule has 2 heterocycles. The smallest absolute Gasteiger partial charge is 1.00 e. The monoisotopic (exact) mass is 486 g/mol. The van der Waals surface area contributed by atoms with E-state index in [0.717, 1.165) is 0 Å². The normalized spacial score (nSPS) is 25.9. The quantitative estimate of drug-likeness (QED) is 0.501. The van der Waals surface area contributed by atoms with E-state index in [2.05, 4.69) is 39.1 Å². The summed E-state index contributed by atoms with van der Waals surface area (Å²) in [5.41, 5.74) is 3.53. The summed E-state index contributed by atoms with van der Waals surface area (Å²) in [5.74, 6) is 0. The number of allylic oxidation sites excluding steroid dienone is 8. The van der Waals surface area contributed by atoms with Crippen LogP contribution in [0.4, 0.5) is 0 Å². The standard InChI is InChI=1S/2C10H15Si.2ClH.Zr/c2*1-9-4-5-10(8-9)11(2)6-3-7-11;;;/h2*5H,3-4,6-7H2,1-2H3;2*1H;/q;;;;+2/p-2. The summed E-state index contributed by atoms with van der Waals surface area (Å²) in [7, 11) is -2.02. The van der Waals surface area contributed by atoms with E-state index < -0.39 is 39.4 Å². The van der Waals surface area contributed by atoms with Crippen molar-refractivity contribution in [3.8, 4) is 0 Å². The van der Waals surface area contributed by atoms with Crippen molar-refractivity contribution in [3.05, 3.63) is 40.3 Å². The zero-order chi connectivity index (χ0) is 16.2. The molecule has 2 aliphatic heterocycles. The summed E-state index contributed by atoms with van der Waals surface area (Å²) >= 11 is -0.585. The third-order valence-corrected chi connectivity index (χ3v) is 22.3. The van der Waals surface area contributed by atoms with Gasteiger partial charge >= 0.3 is 156 Å². The van der Waals surface area contributed by atoms with Gasteiger partial charge in [0.15, 0.2) is 0 Å². The molecule has 2 aliphatic carbocycles. The number of hydrogen-bond donors (Lipinski definition) is 0. The van der Waals surface area contributed by atoms with E-state index in [1.54, 1.807) is 35.3 Å². The number of halogens is 2. The number of hydrogen-bond acceptors (Lipinski definition) is 0. The Hall–Kier alpha value is 0.857. The maximum absolute atomic E-state index is 2.68. The van der Waals surface area contributed by atoms with Crippen LogP contribution in [0, 0.1) is 0 Å². The van der Waals surface area contributed by atoms with Crippen molar-refractivity contribution < 1.29 is 48.0 Å². The summed E-state index contributed by atoms with van der Waals surface area (Å²) in [5, 5.41) is 3.89. The second-order valence-electron chi connectivity index (χ2n) is 8.91. The predicted octanol–water partition coefficient (Wildman–Crippen LogP) is 0.328. The number of rotatable bonds is 4. The first-order valence-electron chi connectivity index (χ1n) is 9.52. The van der Waals surface area contributed by atoms with Gasteiger partial charge in [-0.3, -0.25) is 0 Å². The first-order chi connectivity index (χ1) is 10.9. The Balaban J connectivity index is 0.00000113. The summed E-state index contributed by atoms with van der Waals surface area (Å²) < 4.78 is 3.92. The molecule has 0 N–H and O–H groups in total. The second-order valence-corrected chi connectivity index (χ2v) is 21.3. The van der Waals surface area contributed by atoms with E-state index in [-0.39, 0.29) is 24.8 Å². The molecule has 0 aromatic rings. The van der Waals surface area contributed by atoms with Crippen molar-refractivity contribution in [1.82, 2.24) is 0 Å². The van der Waals surface area contributed by atoms with Gasteiger partial charge in [0.05, 0.1) is 0 Å². The van der Waals surface area contributed by atoms with Crippen LogP contribution in [0.25, 0.3) is 0 Å². The van der Waals surface area contributed by atoms with Crippen LogP contribution in [-0.4, -0.2) is 16.1 Å². The zero-order valence-electron chi connectivity index (χ0n) is 16.1. The van der Waals surface area contributed by atoms with E-state index in [1.165, 1.54) is 25.7 Å². The second kappa shape index (κ2) is 8.07. The molecule has 4 rings (SSSR count). The van der Waals surface area contributed by atoms with Gasteiger partial charge in [-0.05, 0) is 0 Å². The largest absolute Gasteiger partial charge is 1.00 e. The fourth-order valence-electron chi connectivity index (χ4n) is 4.90. The molecule has 0 radical (unpaired) electrons. The van der Waals surface area contributed by atoms with Gasteiger partial charge in [-0.1, -0.05) is 0 Å². The Morgan fingerprint density at radius 1 is 0.720 bits per heavy atom. The van der Waals surface area contributed by atoms with Crippen molar-refractivity contribution in [2.24, 2.45) is 0 Å². The third kappa shape index (κ3) is 3.75. The topological polar surface area (TPSA) is 0 Å². The summed E-state index contributed by atoms with van der Waals surface area (Å²) in [6.07, 6.45) is 10.9. The summed E-state index contributed by atoms with van der Waals surface area (Å²) in [4.78, 5) is 0. The molecule has 25 heavy (non-hydrogen) atoms. The van der Waals surface area contributed by atoms with Gasteiger partial charge in [0.2, 0.25) is 0 Å². The maximum Gasteiger partial charge on any atom is -1.00 e. The molecule has 2 fully saturated rings. The molecule has 0 amide bonds. The fourth-order valence-corrected chi connectivity index (χ4v) is 20.1. The summed E-state index contributed by atoms with van der Waals surface area (Å²) in [6.45, 7) is 10.3. The molecular weight excluding hydrogens is 459 g/mol. The predicted molar refractivity (Wildman–Crippen MR) is 102 cm³/mol. The molecule has 0 nitrogen and oxygen atoms in total. The van der Waals surface area contributed by atoms with Crippen LogP contribution in [0.2, 0.25) is 37.3 Å². The molecule has 5 heteroatoms. The first kappa shape index (κ1) is 22.1. The minimum Gasteiger partial charge on any atom is -1.00 e. The maximum atomic E-state index is 2.68. The first-order valence-corrected chi connectivity index (χ1v) is 17.8. The van der Waals surface area contributed by atoms with Crippen molar-refractivity contribution >= 4 is 16.1 Å². The molecule has 0 aromatic carbocycles. The Morgan fingerprint density at radius 3 is 1.36 bits per heavy atom. The van der Waals surface area contributed by atoms with Crippen LogP contribution < -0.4 is 24.8 Å². The van der Waals surface area contributed by atoms with Gasteiger partial charge in [0.25, 0.3) is 0 Å². The average molecular weight is 489 g/mol. The van der Waals surface area contributed by atoms with Crippen molar-refractivity contribution in [3.63, 3.8) is 0 Å². The van der Waals surface area contributed by atoms with Crippen LogP contribution in [0.3, 0.4) is 0 Å². The van der Waals surface area contributed by atoms with Crippen LogP contribution in [0.1, 0.15) is 39.5 Å². The molecular formula is C20H30Cl2Si2Zr. The van der Waals surface area contributed by atoms with E-state index >= 15 is 0 Å². The van der Waals surface area contributed by atoms with Gasteiger partial charge in [0, 0.05) is 0 Å². The van der Waals surface area contributed by atoms with E-state index in [0.29, 0.717) is 0 Å². The molecule has 0 bridgehead atoms. The molecule has 0 saturated carbocycles. The molecule has 0 atom stereocenters. The Labute approximate surface area is 180 Å². The molecule has 4 aliphatic rings. The van der Waals surface area contributed by atoms with Crippen LogP contribution in [-0.2, 0) is 23.2 Å². The molecule has 0 unspecified atom stereocenters. The van der Waals surface area contributed by atoms with Gasteiger partial charge in [-0.25, -0.2) is 0 Å². The zero-order valence-corrected chi connectivity index (χ0v) is 22.0. The van der Waals surface area contributed by atoms with E-state index in [9.17, 15) is 0 Å². The Bertz CT molecular complexity index is 622. The van der Waals surface area contributed by atoms with Crippen LogP contribution in [0.5, 0.6) is 0 Å². The van der Waals surface area contributed by atoms with E-state index in [4.69, 9.17) is 0 Å². The van der Waals surface area contributed by atoms with Crippen LogP contribution in [0.15, 0.2) is 40.3 Å². The minimum atomic E-state index is -1.01. The van der Waals surface area contributed by atoms with E-state index in [1.807, 2.05) is 17.0 Å². The van der Waals surface area contributed by atoms with Gasteiger partial charge < -0.3 is 24.8 Å². The third-order valence-electron chi connectivity index (χ3n) is 7.08. The van der Waals surface area contributed by atoms with Crippen LogP contribution >= 0.6 is 0 Å². The Morgan fingerprint density at radius 2 is 1.08 bits per heavy atom. The molecule has 0 aromatic heterocycles. The fraction of sp³-hybridized carbons (Fsp3) is 0.600. The molecule has 2 saturated heterocycles. The average Bonchev–Trinajstić information content (AvgIpc) is 3.00. The van der Waals surface area contributed by atoms with Crippen molar-refractivity contribution in [2.45, 2.75) is 76.8 Å². The van der Waals surface area contributed by atoms with Gasteiger partial charge in [0.1, 0.15) is 0 Å². The van der Waals surface area contributed by atoms with Crippen molar-refractivity contribution in [1.29, 1.82) is 0 Å². The molecule has 136 valence electrons. The van der Waals surface area contributed by atoms with Crippen molar-refractivity contribution in [2.75, 3.05) is 0 Å². The minimum absolute atomic E-state index is 0. The van der Waals surface area contributed by atoms with Gasteiger partial charge in [-0.2, -0.15) is 0 Å². The summed E-state index contributed by atoms with van der Waals surface area (Å²) in [6, 6.07) is 6.29. The SMILES string of the molecule is CC1=[C]([Zr+2][C]2=C(C)CC=C2[Si]2(C)CCC2)C([Si]2(C)CCC2)=CC1.[Cl-].[Cl-]. The molecule has 0 spiro atoms.